The molecule has 0 saturated carbocycles. The highest BCUT2D eigenvalue weighted by Crippen LogP contribution is 2.26. The number of halogens is 4. The maximum Gasteiger partial charge on any atom is 0.203 e. The summed E-state index contributed by atoms with van der Waals surface area (Å²) in [5.41, 5.74) is 0. The molecule has 0 unspecified atom stereocenters. The molecule has 0 aliphatic heterocycles. The van der Waals surface area contributed by atoms with E-state index in [0.29, 0.717) is 13.1 Å². The molecular formula is C14H13F4NOS. The first-order valence-electron chi connectivity index (χ1n) is 6.28. The van der Waals surface area contributed by atoms with Gasteiger partial charge in [-0.1, -0.05) is 6.07 Å². The predicted molar refractivity (Wildman–Crippen MR) is 72.7 cm³/mol. The van der Waals surface area contributed by atoms with Crippen LogP contribution in [0.3, 0.4) is 0 Å². The maximum absolute atomic E-state index is 13.3. The van der Waals surface area contributed by atoms with Crippen molar-refractivity contribution in [3.8, 4) is 5.75 Å². The lowest BCUT2D eigenvalue weighted by Gasteiger charge is -2.10. The molecule has 0 bridgehead atoms. The van der Waals surface area contributed by atoms with Crippen LogP contribution in [-0.4, -0.2) is 19.7 Å². The van der Waals surface area contributed by atoms with Crippen molar-refractivity contribution >= 4 is 11.3 Å². The molecule has 1 aromatic carbocycles. The van der Waals surface area contributed by atoms with Crippen LogP contribution < -0.4 is 10.1 Å². The number of thiophene rings is 1. The highest BCUT2D eigenvalue weighted by atomic mass is 32.1. The first kappa shape index (κ1) is 15.8. The van der Waals surface area contributed by atoms with E-state index in [0.717, 1.165) is 6.42 Å². The summed E-state index contributed by atoms with van der Waals surface area (Å²) in [7, 11) is 0. The summed E-state index contributed by atoms with van der Waals surface area (Å²) >= 11 is 1.64. The second kappa shape index (κ2) is 7.42. The first-order valence-corrected chi connectivity index (χ1v) is 7.16. The second-order valence-electron chi connectivity index (χ2n) is 4.23. The molecule has 0 saturated heterocycles. The topological polar surface area (TPSA) is 21.3 Å². The third-order valence-electron chi connectivity index (χ3n) is 2.73. The van der Waals surface area contributed by atoms with E-state index in [-0.39, 0.29) is 12.7 Å². The zero-order valence-electron chi connectivity index (χ0n) is 11.0. The van der Waals surface area contributed by atoms with Gasteiger partial charge in [0.2, 0.25) is 11.6 Å². The average molecular weight is 319 g/mol. The molecule has 2 nitrogen and oxygen atoms in total. The van der Waals surface area contributed by atoms with Gasteiger partial charge in [-0.05, 0) is 17.9 Å². The van der Waals surface area contributed by atoms with Gasteiger partial charge in [0.25, 0.3) is 0 Å². The molecule has 0 spiro atoms. The summed E-state index contributed by atoms with van der Waals surface area (Å²) < 4.78 is 57.2. The molecule has 2 rings (SSSR count). The molecule has 1 heterocycles. The smallest absolute Gasteiger partial charge is 0.203 e. The average Bonchev–Trinajstić information content (AvgIpc) is 2.97. The third-order valence-corrected chi connectivity index (χ3v) is 3.66. The Morgan fingerprint density at radius 3 is 2.38 bits per heavy atom. The molecule has 1 aromatic heterocycles. The molecule has 114 valence electrons. The Bertz CT molecular complexity index is 563. The number of hydrogen-bond donors (Lipinski definition) is 1. The van der Waals surface area contributed by atoms with E-state index in [9.17, 15) is 17.6 Å². The first-order chi connectivity index (χ1) is 10.1. The summed E-state index contributed by atoms with van der Waals surface area (Å²) in [5, 5.41) is 4.99. The quantitative estimate of drug-likeness (QED) is 0.479. The van der Waals surface area contributed by atoms with Gasteiger partial charge in [-0.3, -0.25) is 0 Å². The normalized spacial score (nSPS) is 10.9. The molecule has 0 amide bonds. The molecule has 0 aliphatic carbocycles. The van der Waals surface area contributed by atoms with Crippen molar-refractivity contribution in [1.82, 2.24) is 5.32 Å². The molecule has 0 radical (unpaired) electrons. The van der Waals surface area contributed by atoms with Crippen LogP contribution in [0.15, 0.2) is 23.6 Å². The highest BCUT2D eigenvalue weighted by molar-refractivity contribution is 7.09. The van der Waals surface area contributed by atoms with Crippen LogP contribution in [-0.2, 0) is 6.42 Å². The van der Waals surface area contributed by atoms with Gasteiger partial charge >= 0.3 is 0 Å². The lowest BCUT2D eigenvalue weighted by Crippen LogP contribution is -2.23. The number of rotatable bonds is 7. The molecule has 21 heavy (non-hydrogen) atoms. The lowest BCUT2D eigenvalue weighted by molar-refractivity contribution is 0.270. The van der Waals surface area contributed by atoms with E-state index in [2.05, 4.69) is 5.32 Å². The minimum absolute atomic E-state index is 0.0961. The van der Waals surface area contributed by atoms with Gasteiger partial charge in [-0.15, -0.1) is 11.3 Å². The van der Waals surface area contributed by atoms with Crippen LogP contribution in [0.2, 0.25) is 0 Å². The second-order valence-corrected chi connectivity index (χ2v) is 5.26. The Morgan fingerprint density at radius 2 is 1.76 bits per heavy atom. The fourth-order valence-corrected chi connectivity index (χ4v) is 2.40. The Morgan fingerprint density at radius 1 is 1.05 bits per heavy atom. The molecule has 0 fully saturated rings. The van der Waals surface area contributed by atoms with Crippen molar-refractivity contribution in [2.45, 2.75) is 6.42 Å². The maximum atomic E-state index is 13.3. The summed E-state index contributed by atoms with van der Waals surface area (Å²) in [5.74, 6) is -7.02. The van der Waals surface area contributed by atoms with Crippen molar-refractivity contribution in [2.24, 2.45) is 0 Å². The zero-order chi connectivity index (χ0) is 15.2. The van der Waals surface area contributed by atoms with Crippen LogP contribution in [0.4, 0.5) is 17.6 Å². The van der Waals surface area contributed by atoms with Crippen molar-refractivity contribution in [2.75, 3.05) is 19.7 Å². The molecule has 2 aromatic rings. The minimum Gasteiger partial charge on any atom is -0.486 e. The monoisotopic (exact) mass is 319 g/mol. The van der Waals surface area contributed by atoms with Crippen molar-refractivity contribution in [1.29, 1.82) is 0 Å². The lowest BCUT2D eigenvalue weighted by atomic mass is 10.3. The van der Waals surface area contributed by atoms with Gasteiger partial charge in [0, 0.05) is 24.0 Å². The fraction of sp³-hybridized carbons (Fsp3) is 0.286. The van der Waals surface area contributed by atoms with Gasteiger partial charge in [0.05, 0.1) is 0 Å². The summed E-state index contributed by atoms with van der Waals surface area (Å²) in [6.45, 7) is 0.885. The van der Waals surface area contributed by atoms with E-state index in [1.54, 1.807) is 11.3 Å². The molecule has 0 atom stereocenters. The van der Waals surface area contributed by atoms with Crippen LogP contribution in [0.5, 0.6) is 5.75 Å². The van der Waals surface area contributed by atoms with Gasteiger partial charge in [0.15, 0.2) is 17.4 Å². The van der Waals surface area contributed by atoms with Gasteiger partial charge in [-0.2, -0.15) is 8.78 Å². The summed E-state index contributed by atoms with van der Waals surface area (Å²) in [6.07, 6.45) is 0.828. The number of hydrogen-bond acceptors (Lipinski definition) is 3. The number of ether oxygens (including phenoxy) is 1. The van der Waals surface area contributed by atoms with Crippen molar-refractivity contribution < 1.29 is 22.3 Å². The molecule has 0 aliphatic rings. The largest absolute Gasteiger partial charge is 0.486 e. The van der Waals surface area contributed by atoms with Crippen LogP contribution >= 0.6 is 11.3 Å². The van der Waals surface area contributed by atoms with E-state index in [4.69, 9.17) is 4.74 Å². The van der Waals surface area contributed by atoms with E-state index < -0.39 is 29.0 Å². The number of benzene rings is 1. The standard InChI is InChI=1S/C14H13F4NOS/c15-10-8-11(16)13(18)14(12(10)17)20-6-5-19-4-3-9-2-1-7-21-9/h1-2,7-8,19H,3-6H2. The number of nitrogens with one attached hydrogen (secondary N) is 1. The van der Waals surface area contributed by atoms with Gasteiger partial charge < -0.3 is 10.1 Å². The Kier molecular flexibility index (Phi) is 5.58. The Balaban J connectivity index is 1.76. The predicted octanol–water partition coefficient (Wildman–Crippen LogP) is 3.52. The molecule has 1 N–H and O–H groups in total. The van der Waals surface area contributed by atoms with E-state index in [1.807, 2.05) is 17.5 Å². The zero-order valence-corrected chi connectivity index (χ0v) is 11.8. The SMILES string of the molecule is Fc1cc(F)c(F)c(OCCNCCc2cccs2)c1F. The van der Waals surface area contributed by atoms with Gasteiger partial charge in [0.1, 0.15) is 6.61 Å². The van der Waals surface area contributed by atoms with Crippen LogP contribution in [0, 0.1) is 23.3 Å². The highest BCUT2D eigenvalue weighted by Gasteiger charge is 2.20. The summed E-state index contributed by atoms with van der Waals surface area (Å²) in [4.78, 5) is 1.22. The third kappa shape index (κ3) is 4.18. The van der Waals surface area contributed by atoms with Gasteiger partial charge in [-0.25, -0.2) is 8.78 Å². The Hall–Kier alpha value is -1.60. The van der Waals surface area contributed by atoms with Crippen LogP contribution in [0.1, 0.15) is 4.88 Å². The minimum atomic E-state index is -1.52. The summed E-state index contributed by atoms with van der Waals surface area (Å²) in [6, 6.07) is 4.10. The fourth-order valence-electron chi connectivity index (χ4n) is 1.69. The molecule has 7 heteroatoms. The van der Waals surface area contributed by atoms with Crippen molar-refractivity contribution in [3.05, 3.63) is 51.7 Å². The van der Waals surface area contributed by atoms with Crippen LogP contribution in [0.25, 0.3) is 0 Å². The molecular weight excluding hydrogens is 306 g/mol. The van der Waals surface area contributed by atoms with E-state index >= 15 is 0 Å². The van der Waals surface area contributed by atoms with Crippen molar-refractivity contribution in [3.63, 3.8) is 0 Å². The van der Waals surface area contributed by atoms with E-state index in [1.165, 1.54) is 4.88 Å². The Labute approximate surface area is 123 Å².